The van der Waals surface area contributed by atoms with Crippen molar-refractivity contribution in [3.63, 3.8) is 0 Å². The molecule has 0 saturated carbocycles. The molecule has 86 valence electrons. The minimum Gasteiger partial charge on any atom is -0.477 e. The fraction of sp³-hybridized carbons (Fsp3) is 0.750. The molecule has 15 heavy (non-hydrogen) atoms. The summed E-state index contributed by atoms with van der Waals surface area (Å²) in [6, 6.07) is -0.853. The van der Waals surface area contributed by atoms with Crippen molar-refractivity contribution >= 4 is 23.7 Å². The average Bonchev–Trinajstić information content (AvgIpc) is 2.36. The Morgan fingerprint density at radius 1 is 1.47 bits per heavy atom. The van der Waals surface area contributed by atoms with E-state index in [4.69, 9.17) is 5.11 Å². The van der Waals surface area contributed by atoms with Crippen LogP contribution in [0, 0.1) is 0 Å². The molecule has 0 aliphatic carbocycles. The maximum Gasteiger partial charge on any atom is 0.362 e. The molecule has 0 aromatic rings. The summed E-state index contributed by atoms with van der Waals surface area (Å²) in [6.45, 7) is 3.32. The number of esters is 1. The lowest BCUT2D eigenvalue weighted by molar-refractivity contribution is -0.153. The fourth-order valence-electron chi connectivity index (χ4n) is 1.40. The van der Waals surface area contributed by atoms with Crippen molar-refractivity contribution in [3.05, 3.63) is 0 Å². The number of rotatable bonds is 2. The second kappa shape index (κ2) is 3.66. The van der Waals surface area contributed by atoms with Gasteiger partial charge in [0.05, 0.1) is 7.11 Å². The lowest BCUT2D eigenvalue weighted by Crippen LogP contribution is -2.52. The van der Waals surface area contributed by atoms with E-state index >= 15 is 0 Å². The Morgan fingerprint density at radius 3 is 2.33 bits per heavy atom. The summed E-state index contributed by atoms with van der Waals surface area (Å²) in [6.07, 6.45) is 0. The molecule has 0 bridgehead atoms. The molecule has 0 radical (unpaired) electrons. The maximum atomic E-state index is 11.3. The molecule has 2 unspecified atom stereocenters. The van der Waals surface area contributed by atoms with Gasteiger partial charge >= 0.3 is 11.9 Å². The highest BCUT2D eigenvalue weighted by Crippen LogP contribution is 2.43. The molecule has 3 N–H and O–H groups in total. The SMILES string of the molecule is COC(=O)C1NC(O)(C(=O)O)SC1(C)C. The smallest absolute Gasteiger partial charge is 0.362 e. The highest BCUT2D eigenvalue weighted by molar-refractivity contribution is 8.02. The number of aliphatic hydroxyl groups is 1. The van der Waals surface area contributed by atoms with Gasteiger partial charge in [-0.1, -0.05) is 11.8 Å². The van der Waals surface area contributed by atoms with E-state index in [2.05, 4.69) is 10.1 Å². The van der Waals surface area contributed by atoms with E-state index in [0.29, 0.717) is 0 Å². The first-order valence-corrected chi connectivity index (χ1v) is 5.06. The van der Waals surface area contributed by atoms with E-state index in [9.17, 15) is 14.7 Å². The average molecular weight is 235 g/mol. The summed E-state index contributed by atoms with van der Waals surface area (Å²) >= 11 is 0.774. The maximum absolute atomic E-state index is 11.3. The molecule has 7 heteroatoms. The molecule has 1 heterocycles. The minimum absolute atomic E-state index is 0.593. The third kappa shape index (κ3) is 2.09. The van der Waals surface area contributed by atoms with E-state index in [1.165, 1.54) is 7.11 Å². The zero-order valence-corrected chi connectivity index (χ0v) is 9.42. The van der Waals surface area contributed by atoms with Crippen LogP contribution in [0.4, 0.5) is 0 Å². The van der Waals surface area contributed by atoms with Crippen LogP contribution in [0.1, 0.15) is 13.8 Å². The monoisotopic (exact) mass is 235 g/mol. The van der Waals surface area contributed by atoms with Crippen LogP contribution in [-0.2, 0) is 14.3 Å². The topological polar surface area (TPSA) is 95.9 Å². The highest BCUT2D eigenvalue weighted by Gasteiger charge is 2.57. The van der Waals surface area contributed by atoms with Gasteiger partial charge in [-0.3, -0.25) is 10.1 Å². The Hall–Kier alpha value is -0.790. The molecule has 1 rings (SSSR count). The van der Waals surface area contributed by atoms with Crippen molar-refractivity contribution in [2.75, 3.05) is 7.11 Å². The fourth-order valence-corrected chi connectivity index (χ4v) is 2.70. The number of aliphatic carboxylic acids is 1. The summed E-state index contributed by atoms with van der Waals surface area (Å²) in [7, 11) is 1.21. The third-order valence-corrected chi connectivity index (χ3v) is 3.52. The van der Waals surface area contributed by atoms with Crippen LogP contribution in [-0.4, -0.2) is 45.1 Å². The molecule has 0 spiro atoms. The van der Waals surface area contributed by atoms with Crippen molar-refractivity contribution < 1.29 is 24.5 Å². The molecule has 0 aromatic carbocycles. The summed E-state index contributed by atoms with van der Waals surface area (Å²) in [5.74, 6) is -2.02. The standard InChI is InChI=1S/C8H13NO5S/c1-7(2)4(5(10)14-3)9-8(13,15-7)6(11)12/h4,9,13H,1-3H3,(H,11,12). The van der Waals surface area contributed by atoms with Crippen LogP contribution in [0.3, 0.4) is 0 Å². The van der Waals surface area contributed by atoms with Gasteiger partial charge in [0, 0.05) is 4.75 Å². The number of carbonyl (C=O) groups is 2. The first-order chi connectivity index (χ1) is 6.73. The molecule has 2 atom stereocenters. The predicted molar refractivity (Wildman–Crippen MR) is 53.2 cm³/mol. The van der Waals surface area contributed by atoms with Crippen LogP contribution < -0.4 is 5.32 Å². The van der Waals surface area contributed by atoms with Gasteiger partial charge in [0.15, 0.2) is 0 Å². The first-order valence-electron chi connectivity index (χ1n) is 4.24. The molecule has 0 aromatic heterocycles. The van der Waals surface area contributed by atoms with Gasteiger partial charge in [0.2, 0.25) is 0 Å². The van der Waals surface area contributed by atoms with Gasteiger partial charge in [0.25, 0.3) is 5.06 Å². The summed E-state index contributed by atoms with van der Waals surface area (Å²) in [5, 5.41) is 18.7. The van der Waals surface area contributed by atoms with E-state index < -0.39 is 27.8 Å². The zero-order valence-electron chi connectivity index (χ0n) is 8.60. The molecule has 6 nitrogen and oxygen atoms in total. The van der Waals surface area contributed by atoms with Crippen LogP contribution in [0.15, 0.2) is 0 Å². The summed E-state index contributed by atoms with van der Waals surface area (Å²) in [4.78, 5) is 22.1. The molecular formula is C8H13NO5S. The number of carbonyl (C=O) groups excluding carboxylic acids is 1. The highest BCUT2D eigenvalue weighted by atomic mass is 32.2. The predicted octanol–water partition coefficient (Wildman–Crippen LogP) is -0.626. The number of carboxylic acid groups (broad SMARTS) is 1. The summed E-state index contributed by atoms with van der Waals surface area (Å²) < 4.78 is 3.77. The number of carboxylic acids is 1. The number of thioether (sulfide) groups is 1. The number of methoxy groups -OCH3 is 1. The largest absolute Gasteiger partial charge is 0.477 e. The van der Waals surface area contributed by atoms with E-state index in [1.807, 2.05) is 0 Å². The van der Waals surface area contributed by atoms with Crippen molar-refractivity contribution in [1.82, 2.24) is 5.32 Å². The van der Waals surface area contributed by atoms with Crippen LogP contribution in [0.25, 0.3) is 0 Å². The Balaban J connectivity index is 2.95. The van der Waals surface area contributed by atoms with Crippen molar-refractivity contribution in [3.8, 4) is 0 Å². The van der Waals surface area contributed by atoms with Gasteiger partial charge in [-0.15, -0.1) is 0 Å². The van der Waals surface area contributed by atoms with Gasteiger partial charge in [-0.25, -0.2) is 4.79 Å². The Labute approximate surface area is 91.0 Å². The van der Waals surface area contributed by atoms with Gasteiger partial charge in [0.1, 0.15) is 6.04 Å². The van der Waals surface area contributed by atoms with Crippen LogP contribution in [0.5, 0.6) is 0 Å². The van der Waals surface area contributed by atoms with E-state index in [-0.39, 0.29) is 0 Å². The lowest BCUT2D eigenvalue weighted by Gasteiger charge is -2.21. The number of hydrogen-bond donors (Lipinski definition) is 3. The molecule has 0 amide bonds. The van der Waals surface area contributed by atoms with E-state index in [1.54, 1.807) is 13.8 Å². The van der Waals surface area contributed by atoms with Crippen molar-refractivity contribution in [2.45, 2.75) is 29.7 Å². The van der Waals surface area contributed by atoms with Gasteiger partial charge in [-0.2, -0.15) is 0 Å². The minimum atomic E-state index is -2.14. The molecule has 1 saturated heterocycles. The number of hydrogen-bond acceptors (Lipinski definition) is 6. The van der Waals surface area contributed by atoms with Crippen LogP contribution >= 0.6 is 11.8 Å². The Bertz CT molecular complexity index is 305. The second-order valence-electron chi connectivity index (χ2n) is 3.76. The van der Waals surface area contributed by atoms with Gasteiger partial charge < -0.3 is 14.9 Å². The normalized spacial score (nSPS) is 33.7. The molecule has 1 fully saturated rings. The first kappa shape index (κ1) is 12.3. The molecule has 1 aliphatic heterocycles. The number of nitrogens with one attached hydrogen (secondary N) is 1. The molecular weight excluding hydrogens is 222 g/mol. The molecule has 1 aliphatic rings. The summed E-state index contributed by atoms with van der Waals surface area (Å²) in [5.41, 5.74) is 0. The third-order valence-electron chi connectivity index (χ3n) is 2.17. The number of ether oxygens (including phenoxy) is 1. The lowest BCUT2D eigenvalue weighted by atomic mass is 10.0. The quantitative estimate of drug-likeness (QED) is 0.548. The zero-order chi connectivity index (χ0) is 11.9. The Morgan fingerprint density at radius 2 is 2.00 bits per heavy atom. The Kier molecular flexibility index (Phi) is 2.99. The van der Waals surface area contributed by atoms with Crippen molar-refractivity contribution in [1.29, 1.82) is 0 Å². The van der Waals surface area contributed by atoms with Crippen LogP contribution in [0.2, 0.25) is 0 Å². The van der Waals surface area contributed by atoms with E-state index in [0.717, 1.165) is 11.8 Å². The van der Waals surface area contributed by atoms with Crippen molar-refractivity contribution in [2.24, 2.45) is 0 Å². The van der Waals surface area contributed by atoms with Gasteiger partial charge in [-0.05, 0) is 13.8 Å². The second-order valence-corrected chi connectivity index (χ2v) is 5.60.